The highest BCUT2D eigenvalue weighted by atomic mass is 35.5. The first kappa shape index (κ1) is 24.2. The zero-order valence-corrected chi connectivity index (χ0v) is 22.4. The molecular formula is C30H28ClN7. The number of hydrogen-bond donors (Lipinski definition) is 1. The summed E-state index contributed by atoms with van der Waals surface area (Å²) in [6.45, 7) is 5.77. The lowest BCUT2D eigenvalue weighted by Gasteiger charge is -2.34. The van der Waals surface area contributed by atoms with Crippen LogP contribution in [0.4, 0.5) is 5.69 Å². The zero-order chi connectivity index (χ0) is 26.6. The molecule has 1 aliphatic rings. The first-order valence-electron chi connectivity index (χ1n) is 12.6. The van der Waals surface area contributed by atoms with Crippen LogP contribution in [0.2, 0.25) is 5.02 Å². The van der Waals surface area contributed by atoms with Crippen LogP contribution in [0.1, 0.15) is 11.1 Å². The monoisotopic (exact) mass is 521 g/mol. The molecule has 1 aliphatic heterocycles. The van der Waals surface area contributed by atoms with Gasteiger partial charge in [0.15, 0.2) is 0 Å². The first-order chi connectivity index (χ1) is 18.4. The number of nitrogens with one attached hydrogen (secondary N) is 1. The summed E-state index contributed by atoms with van der Waals surface area (Å²) in [4.78, 5) is 9.30. The molecule has 8 heteroatoms. The van der Waals surface area contributed by atoms with E-state index in [0.717, 1.165) is 76.2 Å². The Morgan fingerprint density at radius 3 is 2.34 bits per heavy atom. The summed E-state index contributed by atoms with van der Waals surface area (Å²) in [5, 5.41) is 20.8. The molecule has 0 spiro atoms. The van der Waals surface area contributed by atoms with Gasteiger partial charge in [0.05, 0.1) is 39.7 Å². The number of hydrogen-bond acceptors (Lipinski definition) is 5. The summed E-state index contributed by atoms with van der Waals surface area (Å²) in [5.41, 5.74) is 8.47. The van der Waals surface area contributed by atoms with Gasteiger partial charge in [-0.15, -0.1) is 0 Å². The molecule has 3 aromatic carbocycles. The van der Waals surface area contributed by atoms with Crippen molar-refractivity contribution in [3.05, 3.63) is 82.6 Å². The molecule has 0 radical (unpaired) electrons. The second kappa shape index (κ2) is 9.32. The van der Waals surface area contributed by atoms with Crippen molar-refractivity contribution in [2.45, 2.75) is 6.92 Å². The molecule has 0 amide bonds. The molecule has 190 valence electrons. The minimum absolute atomic E-state index is 0.325. The minimum Gasteiger partial charge on any atom is -0.368 e. The molecular weight excluding hydrogens is 494 g/mol. The SMILES string of the molecule is Cc1cc(N2CCN(C)CC2)c(C#N)cc1-n1c(=N)n(C)c2cnc3ccc(-c4ccc(Cl)cc4)cc3c21. The minimum atomic E-state index is 0.325. The summed E-state index contributed by atoms with van der Waals surface area (Å²) in [7, 11) is 4.01. The Labute approximate surface area is 226 Å². The van der Waals surface area contributed by atoms with Crippen molar-refractivity contribution in [1.29, 1.82) is 10.7 Å². The van der Waals surface area contributed by atoms with Gasteiger partial charge in [-0.25, -0.2) is 0 Å². The maximum absolute atomic E-state index is 10.1. The van der Waals surface area contributed by atoms with Crippen LogP contribution < -0.4 is 10.5 Å². The van der Waals surface area contributed by atoms with Gasteiger partial charge < -0.3 is 14.4 Å². The topological polar surface area (TPSA) is 76.9 Å². The number of rotatable bonds is 3. The van der Waals surface area contributed by atoms with E-state index in [0.29, 0.717) is 16.2 Å². The molecule has 1 N–H and O–H groups in total. The third-order valence-electron chi connectivity index (χ3n) is 7.63. The van der Waals surface area contributed by atoms with Crippen LogP contribution in [0, 0.1) is 23.7 Å². The Hall–Kier alpha value is -4.12. The van der Waals surface area contributed by atoms with E-state index in [2.05, 4.69) is 48.0 Å². The highest BCUT2D eigenvalue weighted by Crippen LogP contribution is 2.33. The van der Waals surface area contributed by atoms with E-state index in [1.165, 1.54) is 0 Å². The molecule has 0 aliphatic carbocycles. The van der Waals surface area contributed by atoms with Crippen molar-refractivity contribution >= 4 is 39.2 Å². The fraction of sp³-hybridized carbons (Fsp3) is 0.233. The molecule has 6 rings (SSSR count). The van der Waals surface area contributed by atoms with Crippen molar-refractivity contribution in [2.75, 3.05) is 38.1 Å². The third kappa shape index (κ3) is 3.94. The van der Waals surface area contributed by atoms with E-state index in [1.807, 2.05) is 58.8 Å². The van der Waals surface area contributed by atoms with E-state index >= 15 is 0 Å². The predicted molar refractivity (Wildman–Crippen MR) is 153 cm³/mol. The molecule has 3 heterocycles. The Morgan fingerprint density at radius 2 is 1.63 bits per heavy atom. The number of halogens is 1. The fourth-order valence-electron chi connectivity index (χ4n) is 5.40. The molecule has 7 nitrogen and oxygen atoms in total. The van der Waals surface area contributed by atoms with Crippen LogP contribution in [0.25, 0.3) is 38.8 Å². The van der Waals surface area contributed by atoms with Crippen LogP contribution in [0.15, 0.2) is 60.8 Å². The molecule has 38 heavy (non-hydrogen) atoms. The number of fused-ring (bicyclic) bond motifs is 3. The highest BCUT2D eigenvalue weighted by molar-refractivity contribution is 6.30. The number of piperazine rings is 1. The largest absolute Gasteiger partial charge is 0.368 e. The smallest absolute Gasteiger partial charge is 0.207 e. The summed E-state index contributed by atoms with van der Waals surface area (Å²) < 4.78 is 3.80. The van der Waals surface area contributed by atoms with E-state index in [9.17, 15) is 5.26 Å². The van der Waals surface area contributed by atoms with Crippen LogP contribution in [0.5, 0.6) is 0 Å². The Balaban J connectivity index is 1.58. The van der Waals surface area contributed by atoms with Gasteiger partial charge in [0.25, 0.3) is 0 Å². The van der Waals surface area contributed by atoms with Gasteiger partial charge in [-0.3, -0.25) is 15.0 Å². The van der Waals surface area contributed by atoms with E-state index in [4.69, 9.17) is 22.0 Å². The molecule has 0 bridgehead atoms. The summed E-state index contributed by atoms with van der Waals surface area (Å²) >= 11 is 6.12. The van der Waals surface area contributed by atoms with Gasteiger partial charge in [0.1, 0.15) is 6.07 Å². The quantitative estimate of drug-likeness (QED) is 0.352. The van der Waals surface area contributed by atoms with Crippen molar-refractivity contribution < 1.29 is 0 Å². The second-order valence-corrected chi connectivity index (χ2v) is 10.4. The number of imidazole rings is 1. The van der Waals surface area contributed by atoms with Crippen LogP contribution >= 0.6 is 11.6 Å². The molecule has 1 saturated heterocycles. The maximum atomic E-state index is 10.1. The maximum Gasteiger partial charge on any atom is 0.207 e. The highest BCUT2D eigenvalue weighted by Gasteiger charge is 2.21. The van der Waals surface area contributed by atoms with Gasteiger partial charge in [-0.2, -0.15) is 5.26 Å². The Kier molecular flexibility index (Phi) is 5.94. The van der Waals surface area contributed by atoms with Crippen LogP contribution in [-0.4, -0.2) is 52.2 Å². The van der Waals surface area contributed by atoms with Gasteiger partial charge in [0.2, 0.25) is 5.62 Å². The summed E-state index contributed by atoms with van der Waals surface area (Å²) in [6, 6.07) is 20.5. The molecule has 0 saturated carbocycles. The predicted octanol–water partition coefficient (Wildman–Crippen LogP) is 5.25. The molecule has 2 aromatic heterocycles. The van der Waals surface area contributed by atoms with Gasteiger partial charge >= 0.3 is 0 Å². The fourth-order valence-corrected chi connectivity index (χ4v) is 5.52. The lowest BCUT2D eigenvalue weighted by Crippen LogP contribution is -2.44. The molecule has 0 unspecified atom stereocenters. The number of benzene rings is 3. The van der Waals surface area contributed by atoms with Crippen LogP contribution in [0.3, 0.4) is 0 Å². The lowest BCUT2D eigenvalue weighted by atomic mass is 10.0. The number of likely N-dealkylation sites (N-methyl/N-ethyl adjacent to an activating group) is 1. The van der Waals surface area contributed by atoms with Gasteiger partial charge in [-0.1, -0.05) is 29.8 Å². The summed E-state index contributed by atoms with van der Waals surface area (Å²) in [6.07, 6.45) is 1.83. The second-order valence-electron chi connectivity index (χ2n) is 10.0. The average Bonchev–Trinajstić information content (AvgIpc) is 3.19. The van der Waals surface area contributed by atoms with Gasteiger partial charge in [0, 0.05) is 43.6 Å². The third-order valence-corrected chi connectivity index (χ3v) is 7.88. The van der Waals surface area contributed by atoms with E-state index < -0.39 is 0 Å². The Bertz CT molecular complexity index is 1800. The number of aromatic nitrogens is 3. The normalized spacial score (nSPS) is 14.3. The standard InChI is InChI=1S/C30H28ClN7/c1-19-14-27(37-12-10-35(2)11-13-37)22(17-32)16-26(19)38-29-24-15-21(20-4-7-23(31)8-5-20)6-9-25(24)34-18-28(29)36(3)30(38)33/h4-9,14-16,18,33H,10-13H2,1-3H3. The lowest BCUT2D eigenvalue weighted by molar-refractivity contribution is 0.313. The number of nitriles is 1. The number of pyridine rings is 1. The van der Waals surface area contributed by atoms with Crippen molar-refractivity contribution in [3.63, 3.8) is 0 Å². The van der Waals surface area contributed by atoms with Gasteiger partial charge in [-0.05, 0) is 67.1 Å². The summed E-state index contributed by atoms with van der Waals surface area (Å²) in [5.74, 6) is 0. The number of nitrogens with zero attached hydrogens (tertiary/aromatic N) is 6. The number of anilines is 1. The van der Waals surface area contributed by atoms with Crippen molar-refractivity contribution in [1.82, 2.24) is 19.0 Å². The van der Waals surface area contributed by atoms with E-state index in [1.54, 1.807) is 0 Å². The molecule has 1 fully saturated rings. The molecule has 0 atom stereocenters. The number of aryl methyl sites for hydroxylation is 2. The Morgan fingerprint density at radius 1 is 0.921 bits per heavy atom. The molecule has 5 aromatic rings. The van der Waals surface area contributed by atoms with Crippen LogP contribution in [-0.2, 0) is 7.05 Å². The first-order valence-corrected chi connectivity index (χ1v) is 13.0. The van der Waals surface area contributed by atoms with Crippen molar-refractivity contribution in [2.24, 2.45) is 7.05 Å². The average molecular weight is 522 g/mol. The van der Waals surface area contributed by atoms with E-state index in [-0.39, 0.29) is 0 Å². The van der Waals surface area contributed by atoms with Crippen molar-refractivity contribution in [3.8, 4) is 22.9 Å². The zero-order valence-electron chi connectivity index (χ0n) is 21.7.